The van der Waals surface area contributed by atoms with Crippen LogP contribution in [0, 0.1) is 5.92 Å². The van der Waals surface area contributed by atoms with Gasteiger partial charge in [0, 0.05) is 55.2 Å². The molecule has 0 bridgehead atoms. The van der Waals surface area contributed by atoms with Crippen LogP contribution in [-0.2, 0) is 33.8 Å². The maximum atomic E-state index is 13.4. The van der Waals surface area contributed by atoms with Gasteiger partial charge in [0.25, 0.3) is 5.91 Å². The highest BCUT2D eigenvalue weighted by molar-refractivity contribution is 7.92. The molecule has 0 spiro atoms. The van der Waals surface area contributed by atoms with Gasteiger partial charge in [-0.2, -0.15) is 0 Å². The second-order valence-corrected chi connectivity index (χ2v) is 16.6. The molecule has 1 atom stereocenters. The van der Waals surface area contributed by atoms with Crippen molar-refractivity contribution >= 4 is 44.4 Å². The van der Waals surface area contributed by atoms with Crippen LogP contribution in [0.3, 0.4) is 0 Å². The van der Waals surface area contributed by atoms with Crippen molar-refractivity contribution < 1.29 is 32.6 Å². The number of nitrogens with two attached hydrogens (primary N) is 1. The summed E-state index contributed by atoms with van der Waals surface area (Å²) in [5.41, 5.74) is 7.62. The number of carboxylic acids is 1. The highest BCUT2D eigenvalue weighted by atomic mass is 32.2. The van der Waals surface area contributed by atoms with Gasteiger partial charge >= 0.3 is 5.97 Å². The van der Waals surface area contributed by atoms with Gasteiger partial charge in [0.2, 0.25) is 15.9 Å². The molecule has 2 aliphatic rings. The Morgan fingerprint density at radius 3 is 2.26 bits per heavy atom. The minimum Gasteiger partial charge on any atom is -0.494 e. The number of para-hydroxylation sites is 1. The Morgan fingerprint density at radius 2 is 1.74 bits per heavy atom. The molecule has 272 valence electrons. The highest BCUT2D eigenvalue weighted by Gasteiger charge is 2.36. The van der Waals surface area contributed by atoms with E-state index in [-0.39, 0.29) is 34.5 Å². The molecular formula is C36H50N6O7S. The van der Waals surface area contributed by atoms with E-state index in [0.29, 0.717) is 40.2 Å². The van der Waals surface area contributed by atoms with Gasteiger partial charge < -0.3 is 29.9 Å². The van der Waals surface area contributed by atoms with Crippen LogP contribution >= 0.6 is 0 Å². The number of benzene rings is 2. The summed E-state index contributed by atoms with van der Waals surface area (Å²) in [5.74, 6) is -1.90. The number of methoxy groups -OCH3 is 1. The first kappa shape index (κ1) is 37.1. The SMILES string of the molecule is COc1c(C(N)=O)cc(C(C)(C)C)c(-c2c(C(=O)O)n(C)c3c(CN4CCC(C(=O)N5CCC(N(C)C)C5)CC4)cccc23)c1NS(C)(=O)=O. The molecule has 2 fully saturated rings. The lowest BCUT2D eigenvalue weighted by Gasteiger charge is -2.33. The average molecular weight is 711 g/mol. The van der Waals surface area contributed by atoms with Crippen LogP contribution in [0.5, 0.6) is 5.75 Å². The number of aryl methyl sites for hydroxylation is 1. The normalized spacial score (nSPS) is 17.9. The van der Waals surface area contributed by atoms with Crippen LogP contribution in [0.2, 0.25) is 0 Å². The van der Waals surface area contributed by atoms with E-state index in [2.05, 4.69) is 28.6 Å². The number of ether oxygens (including phenoxy) is 1. The van der Waals surface area contributed by atoms with Gasteiger partial charge in [-0.15, -0.1) is 0 Å². The molecule has 1 unspecified atom stereocenters. The number of likely N-dealkylation sites (N-methyl/N-ethyl adjacent to an activating group) is 1. The number of amides is 2. The Kier molecular flexibility index (Phi) is 10.3. The number of aromatic nitrogens is 1. The third-order valence-electron chi connectivity index (χ3n) is 10.1. The molecule has 1 aromatic heterocycles. The molecule has 4 N–H and O–H groups in total. The number of fused-ring (bicyclic) bond motifs is 1. The molecule has 3 aromatic rings. The molecular weight excluding hydrogens is 660 g/mol. The van der Waals surface area contributed by atoms with Crippen molar-refractivity contribution in [1.29, 1.82) is 0 Å². The summed E-state index contributed by atoms with van der Waals surface area (Å²) in [5, 5.41) is 11.3. The number of nitrogens with zero attached hydrogens (tertiary/aromatic N) is 4. The van der Waals surface area contributed by atoms with Crippen molar-refractivity contribution in [3.8, 4) is 16.9 Å². The lowest BCUT2D eigenvalue weighted by atomic mass is 9.79. The van der Waals surface area contributed by atoms with E-state index in [4.69, 9.17) is 10.5 Å². The Labute approximate surface area is 294 Å². The van der Waals surface area contributed by atoms with Crippen molar-refractivity contribution in [3.05, 3.63) is 46.6 Å². The largest absolute Gasteiger partial charge is 0.494 e. The molecule has 2 amide bonds. The fourth-order valence-electron chi connectivity index (χ4n) is 7.62. The number of nitrogens with one attached hydrogen (secondary N) is 1. The third-order valence-corrected chi connectivity index (χ3v) is 10.7. The minimum atomic E-state index is -3.95. The number of likely N-dealkylation sites (tertiary alicyclic amines) is 2. The molecule has 2 aromatic carbocycles. The number of anilines is 1. The van der Waals surface area contributed by atoms with Crippen molar-refractivity contribution in [2.75, 3.05) is 58.4 Å². The monoisotopic (exact) mass is 710 g/mol. The van der Waals surface area contributed by atoms with Crippen LogP contribution < -0.4 is 15.2 Å². The van der Waals surface area contributed by atoms with Crippen LogP contribution in [0.1, 0.15) is 72.0 Å². The van der Waals surface area contributed by atoms with E-state index in [9.17, 15) is 27.9 Å². The molecule has 2 saturated heterocycles. The lowest BCUT2D eigenvalue weighted by molar-refractivity contribution is -0.136. The summed E-state index contributed by atoms with van der Waals surface area (Å²) in [6.07, 6.45) is 3.46. The summed E-state index contributed by atoms with van der Waals surface area (Å²) < 4.78 is 35.4. The Balaban J connectivity index is 1.60. The van der Waals surface area contributed by atoms with Gasteiger partial charge in [-0.3, -0.25) is 19.2 Å². The van der Waals surface area contributed by atoms with Crippen molar-refractivity contribution in [1.82, 2.24) is 19.3 Å². The first-order chi connectivity index (χ1) is 23.3. The average Bonchev–Trinajstić information content (AvgIpc) is 3.63. The molecule has 0 saturated carbocycles. The first-order valence-corrected chi connectivity index (χ1v) is 18.8. The van der Waals surface area contributed by atoms with Gasteiger partial charge in [0.15, 0.2) is 5.75 Å². The number of hydrogen-bond acceptors (Lipinski definition) is 8. The molecule has 50 heavy (non-hydrogen) atoms. The van der Waals surface area contributed by atoms with Gasteiger partial charge in [0.1, 0.15) is 5.69 Å². The highest BCUT2D eigenvalue weighted by Crippen LogP contribution is 2.49. The van der Waals surface area contributed by atoms with Gasteiger partial charge in [-0.25, -0.2) is 13.2 Å². The Morgan fingerprint density at radius 1 is 1.08 bits per heavy atom. The number of piperidine rings is 1. The summed E-state index contributed by atoms with van der Waals surface area (Å²) >= 11 is 0. The smallest absolute Gasteiger partial charge is 0.353 e. The number of carbonyl (C=O) groups is 3. The molecule has 14 heteroatoms. The maximum Gasteiger partial charge on any atom is 0.353 e. The Hall–Kier alpha value is -4.14. The van der Waals surface area contributed by atoms with Gasteiger partial charge in [-0.05, 0) is 69.1 Å². The molecule has 2 aliphatic heterocycles. The zero-order chi connectivity index (χ0) is 36.9. The number of hydrogen-bond donors (Lipinski definition) is 3. The standard InChI is InChI=1S/C36H50N6O7S/c1-36(2,3)26-18-25(33(37)43)32(49-7)29(38-50(8,47)48)28(26)27-24-11-9-10-22(30(24)40(6)31(27)35(45)46)19-41-15-12-21(13-16-41)34(44)42-17-14-23(20-42)39(4)5/h9-11,18,21,23,38H,12-17,19-20H2,1-8H3,(H2,37,43)(H,45,46). The number of rotatable bonds is 10. The van der Waals surface area contributed by atoms with Gasteiger partial charge in [-0.1, -0.05) is 39.0 Å². The van der Waals surface area contributed by atoms with Crippen molar-refractivity contribution in [3.63, 3.8) is 0 Å². The zero-order valence-corrected chi connectivity index (χ0v) is 31.1. The van der Waals surface area contributed by atoms with Crippen LogP contribution in [0.25, 0.3) is 22.0 Å². The predicted molar refractivity (Wildman–Crippen MR) is 194 cm³/mol. The van der Waals surface area contributed by atoms with E-state index in [0.717, 1.165) is 57.3 Å². The third kappa shape index (κ3) is 7.19. The minimum absolute atomic E-state index is 0.0156. The van der Waals surface area contributed by atoms with Crippen LogP contribution in [0.15, 0.2) is 24.3 Å². The molecule has 3 heterocycles. The topological polar surface area (TPSA) is 168 Å². The second kappa shape index (κ2) is 13.9. The molecule has 0 aliphatic carbocycles. The fraction of sp³-hybridized carbons (Fsp3) is 0.528. The van der Waals surface area contributed by atoms with E-state index < -0.39 is 27.3 Å². The zero-order valence-electron chi connectivity index (χ0n) is 30.3. The summed E-state index contributed by atoms with van der Waals surface area (Å²) in [7, 11) is 3.15. The fourth-order valence-corrected chi connectivity index (χ4v) is 8.19. The molecule has 0 radical (unpaired) electrons. The predicted octanol–water partition coefficient (Wildman–Crippen LogP) is 3.69. The van der Waals surface area contributed by atoms with Crippen molar-refractivity contribution in [2.24, 2.45) is 18.7 Å². The van der Waals surface area contributed by atoms with Crippen LogP contribution in [-0.4, -0.2) is 110 Å². The number of carboxylic acid groups (broad SMARTS) is 1. The first-order valence-electron chi connectivity index (χ1n) is 16.9. The van der Waals surface area contributed by atoms with Crippen molar-refractivity contribution in [2.45, 2.75) is 58.0 Å². The van der Waals surface area contributed by atoms with E-state index in [1.54, 1.807) is 17.7 Å². The van der Waals surface area contributed by atoms with E-state index in [1.807, 2.05) is 43.9 Å². The molecule has 13 nitrogen and oxygen atoms in total. The maximum absolute atomic E-state index is 13.4. The molecule has 5 rings (SSSR count). The number of carbonyl (C=O) groups excluding carboxylic acids is 2. The summed E-state index contributed by atoms with van der Waals surface area (Å²) in [4.78, 5) is 45.6. The second-order valence-electron chi connectivity index (χ2n) is 14.9. The summed E-state index contributed by atoms with van der Waals surface area (Å²) in [6.45, 7) is 9.22. The van der Waals surface area contributed by atoms with E-state index >= 15 is 0 Å². The number of primary amides is 1. The number of aromatic carboxylic acids is 1. The van der Waals surface area contributed by atoms with E-state index in [1.165, 1.54) is 7.11 Å². The van der Waals surface area contributed by atoms with Gasteiger partial charge in [0.05, 0.1) is 30.1 Å². The summed E-state index contributed by atoms with van der Waals surface area (Å²) in [6, 6.07) is 7.62. The lowest BCUT2D eigenvalue weighted by Crippen LogP contribution is -2.42. The number of sulfonamides is 1. The Bertz CT molecular complexity index is 1940. The quantitative estimate of drug-likeness (QED) is 0.284. The van der Waals surface area contributed by atoms with Crippen LogP contribution in [0.4, 0.5) is 5.69 Å².